The minimum atomic E-state index is -0.564. The lowest BCUT2D eigenvalue weighted by molar-refractivity contribution is 0.0613. The second kappa shape index (κ2) is 4.16. The maximum absolute atomic E-state index is 11.3. The normalized spacial score (nSPS) is 10.9. The summed E-state index contributed by atoms with van der Waals surface area (Å²) in [5.41, 5.74) is 1.79. The number of rotatable bonds is 1. The van der Waals surface area contributed by atoms with Crippen LogP contribution in [0.3, 0.4) is 0 Å². The van der Waals surface area contributed by atoms with Gasteiger partial charge in [-0.05, 0) is 20.8 Å². The van der Waals surface area contributed by atoms with Crippen LogP contribution in [0.25, 0.3) is 0 Å². The number of carbonyl (C=O) groups excluding carboxylic acids is 1. The molecule has 0 radical (unpaired) electrons. The van der Waals surface area contributed by atoms with E-state index in [2.05, 4.69) is 5.43 Å². The monoisotopic (exact) mass is 210 g/mol. The van der Waals surface area contributed by atoms with E-state index in [1.54, 1.807) is 20.8 Å². The smallest absolute Gasteiger partial charge is 0.426 e. The molecule has 5 heteroatoms. The number of hydrogen-bond acceptors (Lipinski definition) is 3. The molecule has 0 fully saturated rings. The van der Waals surface area contributed by atoms with Crippen molar-refractivity contribution in [2.45, 2.75) is 26.4 Å². The first-order valence-corrected chi connectivity index (χ1v) is 4.55. The topological polar surface area (TPSA) is 60.3 Å². The summed E-state index contributed by atoms with van der Waals surface area (Å²) in [7, 11) is 0. The Morgan fingerprint density at radius 2 is 1.87 bits per heavy atom. The zero-order valence-electron chi connectivity index (χ0n) is 8.98. The highest BCUT2D eigenvalue weighted by Gasteiger charge is 2.15. The van der Waals surface area contributed by atoms with Crippen molar-refractivity contribution in [2.75, 3.05) is 5.43 Å². The Hall–Kier alpha value is -1.78. The van der Waals surface area contributed by atoms with Crippen molar-refractivity contribution in [3.05, 3.63) is 34.7 Å². The van der Waals surface area contributed by atoms with Gasteiger partial charge in [-0.2, -0.15) is 0 Å². The van der Waals surface area contributed by atoms with Gasteiger partial charge in [-0.15, -0.1) is 0 Å². The summed E-state index contributed by atoms with van der Waals surface area (Å²) >= 11 is 0. The van der Waals surface area contributed by atoms with Crippen LogP contribution in [-0.4, -0.2) is 16.4 Å². The number of nitrogens with zero attached hydrogens (tertiary/aromatic N) is 1. The zero-order valence-corrected chi connectivity index (χ0v) is 8.98. The van der Waals surface area contributed by atoms with Gasteiger partial charge in [0, 0.05) is 24.5 Å². The minimum absolute atomic E-state index is 0.114. The Morgan fingerprint density at radius 1 is 1.33 bits per heavy atom. The van der Waals surface area contributed by atoms with Gasteiger partial charge in [0.1, 0.15) is 5.60 Å². The van der Waals surface area contributed by atoms with Gasteiger partial charge in [-0.1, -0.05) is 0 Å². The SMILES string of the molecule is CC(C)(C)OC(=O)Nn1ccc(=O)cc1. The maximum atomic E-state index is 11.3. The largest absolute Gasteiger partial charge is 0.443 e. The van der Waals surface area contributed by atoms with Gasteiger partial charge in [0.05, 0.1) is 0 Å². The fourth-order valence-corrected chi connectivity index (χ4v) is 0.894. The molecular weight excluding hydrogens is 196 g/mol. The Morgan fingerprint density at radius 3 is 2.33 bits per heavy atom. The number of amides is 1. The molecule has 0 saturated heterocycles. The number of carbonyl (C=O) groups is 1. The third kappa shape index (κ3) is 4.30. The Balaban J connectivity index is 2.59. The Kier molecular flexibility index (Phi) is 3.14. The van der Waals surface area contributed by atoms with Crippen LogP contribution in [0.2, 0.25) is 0 Å². The van der Waals surface area contributed by atoms with Gasteiger partial charge >= 0.3 is 6.09 Å². The van der Waals surface area contributed by atoms with E-state index in [1.807, 2.05) is 0 Å². The molecule has 15 heavy (non-hydrogen) atoms. The van der Waals surface area contributed by atoms with Crippen molar-refractivity contribution in [3.8, 4) is 0 Å². The van der Waals surface area contributed by atoms with Crippen molar-refractivity contribution >= 4 is 6.09 Å². The van der Waals surface area contributed by atoms with Gasteiger partial charge in [-0.25, -0.2) is 10.2 Å². The molecule has 0 bridgehead atoms. The van der Waals surface area contributed by atoms with E-state index in [1.165, 1.54) is 29.2 Å². The molecule has 0 atom stereocenters. The minimum Gasteiger partial charge on any atom is -0.443 e. The standard InChI is InChI=1S/C10H14N2O3/c1-10(2,3)15-9(14)11-12-6-4-8(13)5-7-12/h4-7H,1-3H3,(H,11,14). The Labute approximate surface area is 87.6 Å². The van der Waals surface area contributed by atoms with Crippen LogP contribution >= 0.6 is 0 Å². The van der Waals surface area contributed by atoms with E-state index in [9.17, 15) is 9.59 Å². The predicted octanol–water partition coefficient (Wildman–Crippen LogP) is 1.33. The first-order chi connectivity index (χ1) is 6.87. The fourth-order valence-electron chi connectivity index (χ4n) is 0.894. The van der Waals surface area contributed by atoms with Crippen LogP contribution in [0.5, 0.6) is 0 Å². The third-order valence-corrected chi connectivity index (χ3v) is 1.42. The quantitative estimate of drug-likeness (QED) is 0.760. The molecule has 82 valence electrons. The molecular formula is C10H14N2O3. The third-order valence-electron chi connectivity index (χ3n) is 1.42. The summed E-state index contributed by atoms with van der Waals surface area (Å²) in [5.74, 6) is 0. The fraction of sp³-hybridized carbons (Fsp3) is 0.400. The number of aromatic nitrogens is 1. The van der Waals surface area contributed by atoms with Crippen molar-refractivity contribution < 1.29 is 9.53 Å². The van der Waals surface area contributed by atoms with Crippen LogP contribution in [0, 0.1) is 0 Å². The average Bonchev–Trinajstić information content (AvgIpc) is 2.05. The molecule has 0 aliphatic rings. The van der Waals surface area contributed by atoms with Crippen LogP contribution in [-0.2, 0) is 4.74 Å². The van der Waals surface area contributed by atoms with E-state index in [0.29, 0.717) is 0 Å². The predicted molar refractivity (Wildman–Crippen MR) is 56.3 cm³/mol. The highest BCUT2D eigenvalue weighted by molar-refractivity contribution is 5.76. The molecule has 1 aromatic rings. The number of ether oxygens (including phenoxy) is 1. The molecule has 1 rings (SSSR count). The van der Waals surface area contributed by atoms with Gasteiger partial charge in [0.25, 0.3) is 0 Å². The van der Waals surface area contributed by atoms with E-state index in [0.717, 1.165) is 0 Å². The van der Waals surface area contributed by atoms with Crippen LogP contribution < -0.4 is 10.9 Å². The van der Waals surface area contributed by atoms with Crippen molar-refractivity contribution in [3.63, 3.8) is 0 Å². The van der Waals surface area contributed by atoms with Crippen molar-refractivity contribution in [1.29, 1.82) is 0 Å². The lowest BCUT2D eigenvalue weighted by Gasteiger charge is -2.20. The van der Waals surface area contributed by atoms with Gasteiger partial charge in [0.15, 0.2) is 5.43 Å². The molecule has 1 amide bonds. The van der Waals surface area contributed by atoms with Gasteiger partial charge in [-0.3, -0.25) is 9.47 Å². The van der Waals surface area contributed by atoms with Gasteiger partial charge in [0.2, 0.25) is 0 Å². The molecule has 0 aliphatic carbocycles. The molecule has 0 aromatic carbocycles. The van der Waals surface area contributed by atoms with Crippen LogP contribution in [0.15, 0.2) is 29.3 Å². The summed E-state index contributed by atoms with van der Waals surface area (Å²) in [6.07, 6.45) is 2.34. The van der Waals surface area contributed by atoms with E-state index >= 15 is 0 Å². The summed E-state index contributed by atoms with van der Waals surface area (Å²) in [5, 5.41) is 0. The van der Waals surface area contributed by atoms with Crippen LogP contribution in [0.1, 0.15) is 20.8 Å². The summed E-state index contributed by atoms with van der Waals surface area (Å²) in [6, 6.07) is 2.69. The lowest BCUT2D eigenvalue weighted by Crippen LogP contribution is -2.31. The zero-order chi connectivity index (χ0) is 11.5. The molecule has 0 saturated carbocycles. The number of nitrogens with one attached hydrogen (secondary N) is 1. The lowest BCUT2D eigenvalue weighted by atomic mass is 10.2. The van der Waals surface area contributed by atoms with E-state index in [4.69, 9.17) is 4.74 Å². The molecule has 0 spiro atoms. The molecule has 5 nitrogen and oxygen atoms in total. The van der Waals surface area contributed by atoms with E-state index in [-0.39, 0.29) is 5.43 Å². The average molecular weight is 210 g/mol. The van der Waals surface area contributed by atoms with Crippen molar-refractivity contribution in [1.82, 2.24) is 4.68 Å². The van der Waals surface area contributed by atoms with Crippen LogP contribution in [0.4, 0.5) is 4.79 Å². The number of hydrogen-bond donors (Lipinski definition) is 1. The van der Waals surface area contributed by atoms with Gasteiger partial charge < -0.3 is 4.74 Å². The molecule has 1 N–H and O–H groups in total. The second-order valence-corrected chi connectivity index (χ2v) is 4.05. The Bertz CT molecular complexity index is 383. The highest BCUT2D eigenvalue weighted by atomic mass is 16.6. The molecule has 1 aromatic heterocycles. The first kappa shape index (κ1) is 11.3. The maximum Gasteiger partial charge on any atom is 0.426 e. The summed E-state index contributed by atoms with van der Waals surface area (Å²) < 4.78 is 6.38. The summed E-state index contributed by atoms with van der Waals surface area (Å²) in [6.45, 7) is 5.33. The van der Waals surface area contributed by atoms with Crippen molar-refractivity contribution in [2.24, 2.45) is 0 Å². The van der Waals surface area contributed by atoms with E-state index < -0.39 is 11.7 Å². The highest BCUT2D eigenvalue weighted by Crippen LogP contribution is 2.06. The molecule has 0 unspecified atom stereocenters. The second-order valence-electron chi connectivity index (χ2n) is 4.05. The summed E-state index contributed by atoms with van der Waals surface area (Å²) in [4.78, 5) is 22.1. The number of pyridine rings is 1. The molecule has 1 heterocycles. The first-order valence-electron chi connectivity index (χ1n) is 4.55. The molecule has 0 aliphatic heterocycles.